The number of carbonyl (C=O) groups is 1. The number of aromatic amines is 1. The van der Waals surface area contributed by atoms with Gasteiger partial charge in [0.1, 0.15) is 6.10 Å². The second-order valence-corrected chi connectivity index (χ2v) is 3.06. The van der Waals surface area contributed by atoms with E-state index in [4.69, 9.17) is 4.74 Å². The minimum absolute atomic E-state index is 0.274. The summed E-state index contributed by atoms with van der Waals surface area (Å²) in [5.74, 6) is 0. The third-order valence-corrected chi connectivity index (χ3v) is 2.19. The average Bonchev–Trinajstić information content (AvgIpc) is 2.71. The molecule has 13 heavy (non-hydrogen) atoms. The third-order valence-electron chi connectivity index (χ3n) is 2.19. The van der Waals surface area contributed by atoms with Crippen molar-refractivity contribution in [3.63, 3.8) is 0 Å². The second kappa shape index (κ2) is 3.62. The van der Waals surface area contributed by atoms with Gasteiger partial charge in [-0.25, -0.2) is 0 Å². The van der Waals surface area contributed by atoms with Crippen LogP contribution in [0.1, 0.15) is 0 Å². The molecule has 1 N–H and O–H groups in total. The van der Waals surface area contributed by atoms with Gasteiger partial charge in [0, 0.05) is 18.9 Å². The number of hydrogen-bond acceptors (Lipinski definition) is 3. The molecule has 1 aliphatic heterocycles. The summed E-state index contributed by atoms with van der Waals surface area (Å²) in [6, 6.07) is 1.99. The van der Waals surface area contributed by atoms with Crippen molar-refractivity contribution in [3.05, 3.63) is 18.5 Å². The van der Waals surface area contributed by atoms with Crippen molar-refractivity contribution in [1.29, 1.82) is 0 Å². The zero-order valence-corrected chi connectivity index (χ0v) is 7.27. The Labute approximate surface area is 76.5 Å². The topological polar surface area (TPSA) is 45.3 Å². The molecule has 2 heterocycles. The first-order valence-electron chi connectivity index (χ1n) is 4.35. The molecular weight excluding hydrogens is 168 g/mol. The number of hydrogen-bond donors (Lipinski definition) is 1. The molecule has 1 atom stereocenters. The first-order valence-corrected chi connectivity index (χ1v) is 4.35. The number of nitrogens with one attached hydrogen (secondary N) is 1. The fraction of sp³-hybridized carbons (Fsp3) is 0.444. The molecule has 0 spiro atoms. The van der Waals surface area contributed by atoms with Crippen molar-refractivity contribution < 1.29 is 9.53 Å². The number of H-pyrrole nitrogens is 1. The number of ether oxygens (including phenoxy) is 1. The molecule has 1 aliphatic rings. The zero-order valence-electron chi connectivity index (χ0n) is 7.27. The molecule has 0 bridgehead atoms. The number of anilines is 1. The Bertz CT molecular complexity index is 271. The summed E-state index contributed by atoms with van der Waals surface area (Å²) in [5.41, 5.74) is 1.12. The van der Waals surface area contributed by atoms with Gasteiger partial charge in [0.15, 0.2) is 6.29 Å². The van der Waals surface area contributed by atoms with Gasteiger partial charge in [-0.2, -0.15) is 0 Å². The first-order chi connectivity index (χ1) is 6.40. The van der Waals surface area contributed by atoms with Crippen molar-refractivity contribution in [2.24, 2.45) is 0 Å². The fourth-order valence-electron chi connectivity index (χ4n) is 1.50. The predicted octanol–water partition coefficient (Wildman–Crippen LogP) is 0.419. The van der Waals surface area contributed by atoms with Crippen LogP contribution in [-0.4, -0.2) is 37.1 Å². The average molecular weight is 180 g/mol. The molecular formula is C9H12N2O2. The molecule has 1 unspecified atom stereocenters. The molecule has 4 heteroatoms. The van der Waals surface area contributed by atoms with E-state index >= 15 is 0 Å². The number of nitrogens with zero attached hydrogens (tertiary/aromatic N) is 1. The van der Waals surface area contributed by atoms with Gasteiger partial charge in [-0.1, -0.05) is 0 Å². The number of aromatic nitrogens is 1. The molecule has 4 nitrogen and oxygen atoms in total. The van der Waals surface area contributed by atoms with Crippen LogP contribution in [0.2, 0.25) is 0 Å². The monoisotopic (exact) mass is 180 g/mol. The van der Waals surface area contributed by atoms with Crippen LogP contribution in [0, 0.1) is 0 Å². The largest absolute Gasteiger partial charge is 0.367 e. The highest BCUT2D eigenvalue weighted by atomic mass is 16.5. The van der Waals surface area contributed by atoms with E-state index in [1.165, 1.54) is 0 Å². The van der Waals surface area contributed by atoms with Gasteiger partial charge in [-0.3, -0.25) is 0 Å². The summed E-state index contributed by atoms with van der Waals surface area (Å²) in [7, 11) is 0. The molecule has 0 saturated carbocycles. The van der Waals surface area contributed by atoms with Crippen LogP contribution >= 0.6 is 0 Å². The Hall–Kier alpha value is -1.29. The Balaban J connectivity index is 2.04. The van der Waals surface area contributed by atoms with E-state index in [9.17, 15) is 4.79 Å². The molecule has 2 rings (SSSR count). The summed E-state index contributed by atoms with van der Waals surface area (Å²) in [4.78, 5) is 15.6. The Morgan fingerprint density at radius 1 is 1.69 bits per heavy atom. The van der Waals surface area contributed by atoms with E-state index in [-0.39, 0.29) is 6.10 Å². The third kappa shape index (κ3) is 1.72. The van der Waals surface area contributed by atoms with Gasteiger partial charge >= 0.3 is 0 Å². The summed E-state index contributed by atoms with van der Waals surface area (Å²) < 4.78 is 5.24. The fourth-order valence-corrected chi connectivity index (χ4v) is 1.50. The number of aldehydes is 1. The van der Waals surface area contributed by atoms with Crippen LogP contribution in [-0.2, 0) is 9.53 Å². The number of rotatable bonds is 2. The summed E-state index contributed by atoms with van der Waals surface area (Å²) in [6.45, 7) is 2.12. The normalized spacial score (nSPS) is 23.1. The zero-order chi connectivity index (χ0) is 9.10. The van der Waals surface area contributed by atoms with Crippen LogP contribution in [0.5, 0.6) is 0 Å². The molecule has 1 saturated heterocycles. The van der Waals surface area contributed by atoms with E-state index in [1.54, 1.807) is 0 Å². The first kappa shape index (κ1) is 8.31. The number of carbonyl (C=O) groups excluding carboxylic acids is 1. The Morgan fingerprint density at radius 3 is 3.31 bits per heavy atom. The van der Waals surface area contributed by atoms with Crippen molar-refractivity contribution in [1.82, 2.24) is 4.98 Å². The van der Waals surface area contributed by atoms with Gasteiger partial charge in [-0.15, -0.1) is 0 Å². The van der Waals surface area contributed by atoms with E-state index in [1.807, 2.05) is 18.5 Å². The Morgan fingerprint density at radius 2 is 2.62 bits per heavy atom. The van der Waals surface area contributed by atoms with Gasteiger partial charge in [0.2, 0.25) is 0 Å². The molecule has 0 aromatic carbocycles. The summed E-state index contributed by atoms with van der Waals surface area (Å²) >= 11 is 0. The minimum atomic E-state index is -0.274. The van der Waals surface area contributed by atoms with Crippen molar-refractivity contribution in [2.75, 3.05) is 24.6 Å². The Kier molecular flexibility index (Phi) is 2.31. The quantitative estimate of drug-likeness (QED) is 0.671. The van der Waals surface area contributed by atoms with E-state index in [2.05, 4.69) is 9.88 Å². The van der Waals surface area contributed by atoms with E-state index in [0.717, 1.165) is 18.5 Å². The number of morpholine rings is 1. The lowest BCUT2D eigenvalue weighted by molar-refractivity contribution is -0.118. The van der Waals surface area contributed by atoms with Crippen LogP contribution in [0.25, 0.3) is 0 Å². The maximum absolute atomic E-state index is 10.5. The van der Waals surface area contributed by atoms with Gasteiger partial charge in [0.25, 0.3) is 0 Å². The van der Waals surface area contributed by atoms with Gasteiger partial charge in [0.05, 0.1) is 18.8 Å². The van der Waals surface area contributed by atoms with Crippen molar-refractivity contribution >= 4 is 12.0 Å². The molecule has 0 amide bonds. The lowest BCUT2D eigenvalue weighted by atomic mass is 10.3. The van der Waals surface area contributed by atoms with Crippen LogP contribution in [0.15, 0.2) is 18.5 Å². The highest BCUT2D eigenvalue weighted by Gasteiger charge is 2.19. The molecule has 70 valence electrons. The molecule has 0 aliphatic carbocycles. The molecule has 1 fully saturated rings. The molecule has 0 radical (unpaired) electrons. The van der Waals surface area contributed by atoms with Crippen LogP contribution < -0.4 is 4.90 Å². The second-order valence-electron chi connectivity index (χ2n) is 3.06. The predicted molar refractivity (Wildman–Crippen MR) is 48.8 cm³/mol. The maximum Gasteiger partial charge on any atom is 0.150 e. The van der Waals surface area contributed by atoms with Crippen molar-refractivity contribution in [2.45, 2.75) is 6.10 Å². The lowest BCUT2D eigenvalue weighted by Gasteiger charge is -2.31. The van der Waals surface area contributed by atoms with Gasteiger partial charge in [-0.05, 0) is 6.07 Å². The minimum Gasteiger partial charge on any atom is -0.367 e. The van der Waals surface area contributed by atoms with Crippen LogP contribution in [0.4, 0.5) is 5.69 Å². The summed E-state index contributed by atoms with van der Waals surface area (Å²) in [6.07, 6.45) is 4.39. The SMILES string of the molecule is O=CC1CN(c2cc[nH]c2)CCO1. The van der Waals surface area contributed by atoms with E-state index < -0.39 is 0 Å². The van der Waals surface area contributed by atoms with Gasteiger partial charge < -0.3 is 19.4 Å². The summed E-state index contributed by atoms with van der Waals surface area (Å²) in [5, 5.41) is 0. The van der Waals surface area contributed by atoms with E-state index in [0.29, 0.717) is 13.2 Å². The van der Waals surface area contributed by atoms with Crippen LogP contribution in [0.3, 0.4) is 0 Å². The highest BCUT2D eigenvalue weighted by Crippen LogP contribution is 2.15. The maximum atomic E-state index is 10.5. The standard InChI is InChI=1S/C9H12N2O2/c12-7-9-6-11(3-4-13-9)8-1-2-10-5-8/h1-2,5,7,9-10H,3-4,6H2. The molecule has 1 aromatic heterocycles. The lowest BCUT2D eigenvalue weighted by Crippen LogP contribution is -2.43. The van der Waals surface area contributed by atoms with Crippen molar-refractivity contribution in [3.8, 4) is 0 Å². The molecule has 1 aromatic rings. The highest BCUT2D eigenvalue weighted by molar-refractivity contribution is 5.59. The smallest absolute Gasteiger partial charge is 0.150 e.